The van der Waals surface area contributed by atoms with Crippen molar-refractivity contribution in [2.75, 3.05) is 0 Å². The van der Waals surface area contributed by atoms with Gasteiger partial charge in [0.25, 0.3) is 0 Å². The molecule has 2 aromatic rings. The zero-order chi connectivity index (χ0) is 12.4. The van der Waals surface area contributed by atoms with Gasteiger partial charge in [0.05, 0.1) is 10.6 Å². The first kappa shape index (κ1) is 12.1. The normalized spacial score (nSPS) is 10.3. The number of nitrogens with zero attached hydrogens (tertiary/aromatic N) is 2. The second-order valence-corrected chi connectivity index (χ2v) is 4.38. The fourth-order valence-corrected chi connectivity index (χ4v) is 1.74. The van der Waals surface area contributed by atoms with Gasteiger partial charge in [-0.15, -0.1) is 0 Å². The van der Waals surface area contributed by atoms with Crippen molar-refractivity contribution in [1.29, 1.82) is 0 Å². The minimum absolute atomic E-state index is 0.114. The maximum Gasteiger partial charge on any atom is 0.214 e. The van der Waals surface area contributed by atoms with Crippen molar-refractivity contribution in [3.05, 3.63) is 57.3 Å². The van der Waals surface area contributed by atoms with Gasteiger partial charge in [-0.2, -0.15) is 0 Å². The lowest BCUT2D eigenvalue weighted by Crippen LogP contribution is -2.07. The molecular weight excluding hydrogens is 310 g/mol. The number of ketones is 1. The number of carbonyl (C=O) groups is 1. The van der Waals surface area contributed by atoms with Crippen molar-refractivity contribution in [2.24, 2.45) is 0 Å². The van der Waals surface area contributed by atoms with E-state index in [1.54, 1.807) is 0 Å². The molecule has 0 aliphatic rings. The van der Waals surface area contributed by atoms with E-state index in [4.69, 9.17) is 11.6 Å². The van der Waals surface area contributed by atoms with E-state index in [-0.39, 0.29) is 16.3 Å². The molecule has 0 fully saturated rings. The predicted molar refractivity (Wildman–Crippen MR) is 64.6 cm³/mol. The van der Waals surface area contributed by atoms with E-state index in [1.807, 2.05) is 0 Å². The molecule has 86 valence electrons. The van der Waals surface area contributed by atoms with E-state index in [1.165, 1.54) is 30.7 Å². The van der Waals surface area contributed by atoms with Crippen molar-refractivity contribution < 1.29 is 9.18 Å². The van der Waals surface area contributed by atoms with Crippen LogP contribution in [-0.2, 0) is 0 Å². The molecule has 3 nitrogen and oxygen atoms in total. The molecule has 6 heteroatoms. The standard InChI is InChI=1S/C11H5BrClFN2O/c12-7-2-1-6(10(14)9(7)13)11(17)8-3-4-15-5-16-8/h1-5H. The summed E-state index contributed by atoms with van der Waals surface area (Å²) >= 11 is 8.78. The van der Waals surface area contributed by atoms with Crippen molar-refractivity contribution >= 4 is 33.3 Å². The molecule has 0 spiro atoms. The van der Waals surface area contributed by atoms with E-state index >= 15 is 0 Å². The highest BCUT2D eigenvalue weighted by Crippen LogP contribution is 2.28. The highest BCUT2D eigenvalue weighted by molar-refractivity contribution is 9.10. The lowest BCUT2D eigenvalue weighted by molar-refractivity contribution is 0.103. The summed E-state index contributed by atoms with van der Waals surface area (Å²) in [5.74, 6) is -1.29. The first-order chi connectivity index (χ1) is 8.11. The van der Waals surface area contributed by atoms with Gasteiger partial charge in [0.15, 0.2) is 5.82 Å². The molecule has 17 heavy (non-hydrogen) atoms. The summed E-state index contributed by atoms with van der Waals surface area (Å²) in [5.41, 5.74) is 0.00851. The first-order valence-electron chi connectivity index (χ1n) is 4.55. The molecule has 0 amide bonds. The molecule has 0 saturated carbocycles. The summed E-state index contributed by atoms with van der Waals surface area (Å²) in [7, 11) is 0. The van der Waals surface area contributed by atoms with Crippen LogP contribution in [0.5, 0.6) is 0 Å². The summed E-state index contributed by atoms with van der Waals surface area (Å²) in [6, 6.07) is 4.29. The highest BCUT2D eigenvalue weighted by Gasteiger charge is 2.18. The summed E-state index contributed by atoms with van der Waals surface area (Å²) in [4.78, 5) is 19.4. The minimum atomic E-state index is -0.760. The van der Waals surface area contributed by atoms with Gasteiger partial charge in [0.2, 0.25) is 5.78 Å². The Morgan fingerprint density at radius 1 is 1.35 bits per heavy atom. The maximum absolute atomic E-state index is 13.8. The van der Waals surface area contributed by atoms with Gasteiger partial charge in [0, 0.05) is 10.7 Å². The quantitative estimate of drug-likeness (QED) is 0.631. The molecule has 0 saturated heterocycles. The highest BCUT2D eigenvalue weighted by atomic mass is 79.9. The Bertz CT molecular complexity index is 577. The van der Waals surface area contributed by atoms with Crippen molar-refractivity contribution in [1.82, 2.24) is 9.97 Å². The molecule has 0 atom stereocenters. The Labute approximate surface area is 110 Å². The number of halogens is 3. The number of hydrogen-bond donors (Lipinski definition) is 0. The molecule has 0 aliphatic carbocycles. The number of hydrogen-bond acceptors (Lipinski definition) is 3. The summed E-state index contributed by atoms with van der Waals surface area (Å²) in [5, 5.41) is -0.120. The fourth-order valence-electron chi connectivity index (χ4n) is 1.26. The molecule has 0 unspecified atom stereocenters. The van der Waals surface area contributed by atoms with E-state index in [0.717, 1.165) is 0 Å². The zero-order valence-corrected chi connectivity index (χ0v) is 10.7. The third-order valence-corrected chi connectivity index (χ3v) is 3.35. The van der Waals surface area contributed by atoms with Gasteiger partial charge >= 0.3 is 0 Å². The number of rotatable bonds is 2. The Morgan fingerprint density at radius 3 is 2.76 bits per heavy atom. The van der Waals surface area contributed by atoms with Gasteiger partial charge in [-0.05, 0) is 34.1 Å². The third kappa shape index (κ3) is 2.35. The van der Waals surface area contributed by atoms with Crippen molar-refractivity contribution in [3.8, 4) is 0 Å². The van der Waals surface area contributed by atoms with Crippen LogP contribution in [0.25, 0.3) is 0 Å². The van der Waals surface area contributed by atoms with Gasteiger partial charge in [0.1, 0.15) is 12.0 Å². The second kappa shape index (κ2) is 4.89. The van der Waals surface area contributed by atoms with Crippen LogP contribution in [0.1, 0.15) is 16.1 Å². The Balaban J connectivity index is 2.49. The van der Waals surface area contributed by atoms with Crippen LogP contribution in [0.2, 0.25) is 5.02 Å². The lowest BCUT2D eigenvalue weighted by Gasteiger charge is -2.04. The Hall–Kier alpha value is -1.33. The molecule has 0 bridgehead atoms. The molecule has 2 rings (SSSR count). The van der Waals surface area contributed by atoms with E-state index in [2.05, 4.69) is 25.9 Å². The zero-order valence-electron chi connectivity index (χ0n) is 8.32. The van der Waals surface area contributed by atoms with Crippen LogP contribution in [0.4, 0.5) is 4.39 Å². The number of benzene rings is 1. The first-order valence-corrected chi connectivity index (χ1v) is 5.72. The van der Waals surface area contributed by atoms with Crippen LogP contribution in [0.15, 0.2) is 35.2 Å². The largest absolute Gasteiger partial charge is 0.287 e. The molecule has 1 aromatic carbocycles. The molecule has 1 aromatic heterocycles. The summed E-state index contributed by atoms with van der Waals surface area (Å²) in [6.45, 7) is 0. The van der Waals surface area contributed by atoms with Gasteiger partial charge in [-0.1, -0.05) is 11.6 Å². The van der Waals surface area contributed by atoms with Gasteiger partial charge in [-0.25, -0.2) is 14.4 Å². The number of aromatic nitrogens is 2. The summed E-state index contributed by atoms with van der Waals surface area (Å²) in [6.07, 6.45) is 2.64. The van der Waals surface area contributed by atoms with Crippen LogP contribution >= 0.6 is 27.5 Å². The van der Waals surface area contributed by atoms with Crippen LogP contribution in [0.3, 0.4) is 0 Å². The van der Waals surface area contributed by atoms with Crippen LogP contribution in [-0.4, -0.2) is 15.8 Å². The second-order valence-electron chi connectivity index (χ2n) is 3.15. The molecule has 1 heterocycles. The SMILES string of the molecule is O=C(c1ccncn1)c1ccc(Br)c(Cl)c1F. The number of carbonyl (C=O) groups excluding carboxylic acids is 1. The minimum Gasteiger partial charge on any atom is -0.287 e. The smallest absolute Gasteiger partial charge is 0.214 e. The molecular formula is C11H5BrClFN2O. The average molecular weight is 316 g/mol. The topological polar surface area (TPSA) is 42.9 Å². The molecule has 0 radical (unpaired) electrons. The monoisotopic (exact) mass is 314 g/mol. The predicted octanol–water partition coefficient (Wildman–Crippen LogP) is 3.26. The average Bonchev–Trinajstić information content (AvgIpc) is 2.36. The van der Waals surface area contributed by atoms with E-state index in [9.17, 15) is 9.18 Å². The fraction of sp³-hybridized carbons (Fsp3) is 0. The van der Waals surface area contributed by atoms with E-state index < -0.39 is 11.6 Å². The van der Waals surface area contributed by atoms with Crippen LogP contribution < -0.4 is 0 Å². The summed E-state index contributed by atoms with van der Waals surface area (Å²) < 4.78 is 14.2. The molecule has 0 aliphatic heterocycles. The van der Waals surface area contributed by atoms with Crippen LogP contribution in [0, 0.1) is 5.82 Å². The van der Waals surface area contributed by atoms with Gasteiger partial charge < -0.3 is 0 Å². The lowest BCUT2D eigenvalue weighted by atomic mass is 10.1. The van der Waals surface area contributed by atoms with Crippen molar-refractivity contribution in [3.63, 3.8) is 0 Å². The maximum atomic E-state index is 13.8. The van der Waals surface area contributed by atoms with Crippen molar-refractivity contribution in [2.45, 2.75) is 0 Å². The van der Waals surface area contributed by atoms with Gasteiger partial charge in [-0.3, -0.25) is 4.79 Å². The van der Waals surface area contributed by atoms with E-state index in [0.29, 0.717) is 4.47 Å². The third-order valence-electron chi connectivity index (χ3n) is 2.09. The molecule has 0 N–H and O–H groups in total. The Kier molecular flexibility index (Phi) is 3.49. The Morgan fingerprint density at radius 2 is 2.12 bits per heavy atom.